The number of benzene rings is 1. The van der Waals surface area contributed by atoms with Crippen LogP contribution in [0.5, 0.6) is 0 Å². The fourth-order valence-corrected chi connectivity index (χ4v) is 2.16. The minimum absolute atomic E-state index is 0.0465. The first kappa shape index (κ1) is 17.1. The second-order valence-corrected chi connectivity index (χ2v) is 5.25. The number of aromatic nitrogens is 1. The van der Waals surface area contributed by atoms with Gasteiger partial charge in [0, 0.05) is 24.0 Å². The second kappa shape index (κ2) is 6.87. The van der Waals surface area contributed by atoms with Crippen molar-refractivity contribution in [2.45, 2.75) is 19.1 Å². The number of hydrogen-bond donors (Lipinski definition) is 2. The van der Waals surface area contributed by atoms with Gasteiger partial charge in [0.05, 0.1) is 12.0 Å². The van der Waals surface area contributed by atoms with Crippen LogP contribution in [0.25, 0.3) is 0 Å². The lowest BCUT2D eigenvalue weighted by molar-refractivity contribution is -0.137. The van der Waals surface area contributed by atoms with Crippen LogP contribution in [0.15, 0.2) is 36.5 Å². The third-order valence-electron chi connectivity index (χ3n) is 3.06. The second-order valence-electron chi connectivity index (χ2n) is 4.86. The summed E-state index contributed by atoms with van der Waals surface area (Å²) >= 11 is 5.80. The molecule has 23 heavy (non-hydrogen) atoms. The molecule has 2 rings (SSSR count). The number of carbonyl (C=O) groups excluding carboxylic acids is 1. The number of anilines is 1. The van der Waals surface area contributed by atoms with E-state index in [0.717, 1.165) is 12.1 Å². The minimum atomic E-state index is -4.40. The van der Waals surface area contributed by atoms with Crippen molar-refractivity contribution in [3.05, 3.63) is 58.4 Å². The zero-order valence-corrected chi connectivity index (χ0v) is 12.6. The van der Waals surface area contributed by atoms with Gasteiger partial charge in [-0.15, -0.1) is 0 Å². The number of hydrogen-bond acceptors (Lipinski definition) is 3. The van der Waals surface area contributed by atoms with Crippen molar-refractivity contribution in [2.75, 3.05) is 5.32 Å². The van der Waals surface area contributed by atoms with E-state index in [1.165, 1.54) is 18.3 Å². The molecule has 0 saturated carbocycles. The van der Waals surface area contributed by atoms with Gasteiger partial charge in [-0.25, -0.2) is 4.98 Å². The maximum Gasteiger partial charge on any atom is 0.416 e. The monoisotopic (exact) mass is 343 g/mol. The summed E-state index contributed by atoms with van der Waals surface area (Å²) in [5.41, 5.74) is 5.90. The Kier molecular flexibility index (Phi) is 5.10. The average molecular weight is 344 g/mol. The molecule has 0 aliphatic heterocycles. The van der Waals surface area contributed by atoms with Crippen LogP contribution in [0.1, 0.15) is 16.7 Å². The molecule has 0 radical (unpaired) electrons. The molecule has 0 atom stereocenters. The van der Waals surface area contributed by atoms with Crippen molar-refractivity contribution < 1.29 is 18.0 Å². The fourth-order valence-electron chi connectivity index (χ4n) is 2.01. The number of primary amides is 1. The number of rotatable bonds is 5. The quantitative estimate of drug-likeness (QED) is 0.818. The largest absolute Gasteiger partial charge is 0.416 e. The molecule has 0 saturated heterocycles. The first-order chi connectivity index (χ1) is 10.8. The van der Waals surface area contributed by atoms with E-state index in [1.807, 2.05) is 0 Å². The normalized spacial score (nSPS) is 11.3. The van der Waals surface area contributed by atoms with E-state index < -0.39 is 17.6 Å². The molecule has 0 fully saturated rings. The number of nitrogens with two attached hydrogens (primary N) is 1. The van der Waals surface area contributed by atoms with Gasteiger partial charge in [0.15, 0.2) is 0 Å². The Hall–Kier alpha value is -2.28. The average Bonchev–Trinajstić information content (AvgIpc) is 2.46. The third-order valence-corrected chi connectivity index (χ3v) is 3.26. The topological polar surface area (TPSA) is 68.0 Å². The van der Waals surface area contributed by atoms with E-state index in [2.05, 4.69) is 10.3 Å². The Labute approximate surface area is 135 Å². The predicted octanol–water partition coefficient (Wildman–Crippen LogP) is 3.39. The summed E-state index contributed by atoms with van der Waals surface area (Å²) in [6, 6.07) is 6.46. The molecule has 1 aromatic heterocycles. The zero-order chi connectivity index (χ0) is 17.0. The molecule has 122 valence electrons. The van der Waals surface area contributed by atoms with Gasteiger partial charge >= 0.3 is 6.18 Å². The molecule has 2 aromatic rings. The van der Waals surface area contributed by atoms with Gasteiger partial charge in [-0.1, -0.05) is 23.7 Å². The van der Waals surface area contributed by atoms with E-state index in [1.54, 1.807) is 6.07 Å². The molecule has 0 spiro atoms. The highest BCUT2D eigenvalue weighted by atomic mass is 35.5. The van der Waals surface area contributed by atoms with Crippen molar-refractivity contribution in [1.82, 2.24) is 4.98 Å². The zero-order valence-electron chi connectivity index (χ0n) is 11.8. The molecule has 0 bridgehead atoms. The predicted molar refractivity (Wildman–Crippen MR) is 80.9 cm³/mol. The summed E-state index contributed by atoms with van der Waals surface area (Å²) in [6.07, 6.45) is -3.04. The Bertz CT molecular complexity index is 719. The number of nitrogens with one attached hydrogen (secondary N) is 1. The van der Waals surface area contributed by atoms with Crippen molar-refractivity contribution in [3.63, 3.8) is 0 Å². The van der Waals surface area contributed by atoms with Gasteiger partial charge < -0.3 is 11.1 Å². The maximum absolute atomic E-state index is 12.7. The summed E-state index contributed by atoms with van der Waals surface area (Å²) in [5.74, 6) is -0.545. The third kappa shape index (κ3) is 4.85. The molecule has 0 unspecified atom stereocenters. The van der Waals surface area contributed by atoms with Gasteiger partial charge in [-0.05, 0) is 23.8 Å². The molecule has 0 aliphatic carbocycles. The number of alkyl halides is 3. The first-order valence-corrected chi connectivity index (χ1v) is 6.96. The lowest BCUT2D eigenvalue weighted by Gasteiger charge is -2.13. The Balaban J connectivity index is 2.18. The van der Waals surface area contributed by atoms with Crippen LogP contribution < -0.4 is 11.1 Å². The van der Waals surface area contributed by atoms with Gasteiger partial charge in [0.2, 0.25) is 5.91 Å². The van der Waals surface area contributed by atoms with Gasteiger partial charge in [-0.3, -0.25) is 4.79 Å². The van der Waals surface area contributed by atoms with Crippen LogP contribution >= 0.6 is 11.6 Å². The molecular weight excluding hydrogens is 331 g/mol. The molecule has 8 heteroatoms. The van der Waals surface area contributed by atoms with Crippen LogP contribution in [0.4, 0.5) is 18.9 Å². The molecular formula is C15H13ClF3N3O. The van der Waals surface area contributed by atoms with Crippen LogP contribution in [-0.2, 0) is 23.9 Å². The van der Waals surface area contributed by atoms with Crippen LogP contribution in [0.2, 0.25) is 5.15 Å². The highest BCUT2D eigenvalue weighted by molar-refractivity contribution is 6.29. The number of amides is 1. The van der Waals surface area contributed by atoms with E-state index >= 15 is 0 Å². The van der Waals surface area contributed by atoms with Gasteiger partial charge in [-0.2, -0.15) is 13.2 Å². The molecule has 4 nitrogen and oxygen atoms in total. The number of nitrogens with zero attached hydrogens (tertiary/aromatic N) is 1. The van der Waals surface area contributed by atoms with Crippen molar-refractivity contribution in [1.29, 1.82) is 0 Å². The number of carbonyl (C=O) groups is 1. The Morgan fingerprint density at radius 2 is 2.04 bits per heavy atom. The van der Waals surface area contributed by atoms with E-state index in [4.69, 9.17) is 17.3 Å². The summed E-state index contributed by atoms with van der Waals surface area (Å²) in [4.78, 5) is 14.9. The van der Waals surface area contributed by atoms with Crippen LogP contribution in [-0.4, -0.2) is 10.9 Å². The summed E-state index contributed by atoms with van der Waals surface area (Å²) in [6.45, 7) is 0.135. The molecule has 1 heterocycles. The van der Waals surface area contributed by atoms with Gasteiger partial charge in [0.25, 0.3) is 0 Å². The smallest absolute Gasteiger partial charge is 0.381 e. The van der Waals surface area contributed by atoms with Crippen molar-refractivity contribution in [3.8, 4) is 0 Å². The van der Waals surface area contributed by atoms with Crippen molar-refractivity contribution in [2.24, 2.45) is 5.73 Å². The summed E-state index contributed by atoms with van der Waals surface area (Å²) < 4.78 is 38.1. The molecule has 1 aromatic carbocycles. The van der Waals surface area contributed by atoms with E-state index in [9.17, 15) is 18.0 Å². The van der Waals surface area contributed by atoms with E-state index in [0.29, 0.717) is 16.8 Å². The number of halogens is 4. The highest BCUT2D eigenvalue weighted by Gasteiger charge is 2.30. The Morgan fingerprint density at radius 3 is 2.70 bits per heavy atom. The van der Waals surface area contributed by atoms with Crippen LogP contribution in [0, 0.1) is 0 Å². The lowest BCUT2D eigenvalue weighted by Crippen LogP contribution is -2.15. The number of pyridine rings is 1. The summed E-state index contributed by atoms with van der Waals surface area (Å²) in [7, 11) is 0. The summed E-state index contributed by atoms with van der Waals surface area (Å²) in [5, 5.41) is 3.15. The standard InChI is InChI=1S/C15H13ClF3N3O/c16-13-6-12(10(8-22-13)5-14(20)23)21-7-9-2-1-3-11(4-9)15(17,18)19/h1-4,6,8H,5,7H2,(H2,20,23)(H,21,22). The molecule has 1 amide bonds. The minimum Gasteiger partial charge on any atom is -0.381 e. The van der Waals surface area contributed by atoms with E-state index in [-0.39, 0.29) is 18.1 Å². The molecule has 3 N–H and O–H groups in total. The van der Waals surface area contributed by atoms with Crippen molar-refractivity contribution >= 4 is 23.2 Å². The van der Waals surface area contributed by atoms with Crippen LogP contribution in [0.3, 0.4) is 0 Å². The molecule has 0 aliphatic rings. The fraction of sp³-hybridized carbons (Fsp3) is 0.200. The first-order valence-electron chi connectivity index (χ1n) is 6.58. The lowest BCUT2D eigenvalue weighted by atomic mass is 10.1. The SMILES string of the molecule is NC(=O)Cc1cnc(Cl)cc1NCc1cccc(C(F)(F)F)c1. The Morgan fingerprint density at radius 1 is 1.30 bits per heavy atom. The van der Waals surface area contributed by atoms with Gasteiger partial charge in [0.1, 0.15) is 5.15 Å². The maximum atomic E-state index is 12.7. The highest BCUT2D eigenvalue weighted by Crippen LogP contribution is 2.29.